The van der Waals surface area contributed by atoms with Gasteiger partial charge in [0.05, 0.1) is 18.2 Å². The van der Waals surface area contributed by atoms with Crippen molar-refractivity contribution >= 4 is 11.9 Å². The molecule has 2 aromatic rings. The Morgan fingerprint density at radius 3 is 2.42 bits per heavy atom. The third-order valence-electron chi connectivity index (χ3n) is 14.0. The standard InChI is InChI=1S/C42H50F3NO4/c1-26-5-4-13-39(2)36(12-14-41(39)25-46(38(49)50-41)24-40-21-28-15-29(22-40)17-30(16-28)23-40)34-11-9-27(18-33(47)10-8-26)19-35(34)37(48)31-6-3-7-32(20-31)42(43,44)45/h3,5-7,9,11,19-20,28-30,33,36,47H,4,8,10,12-18,21-25H2,1-2H3. The third kappa shape index (κ3) is 5.91. The van der Waals surface area contributed by atoms with Crippen LogP contribution >= 0.6 is 0 Å². The lowest BCUT2D eigenvalue weighted by Crippen LogP contribution is -2.52. The third-order valence-corrected chi connectivity index (χ3v) is 14.0. The molecule has 8 heteroatoms. The fourth-order valence-corrected chi connectivity index (χ4v) is 12.0. The van der Waals surface area contributed by atoms with E-state index >= 15 is 0 Å². The summed E-state index contributed by atoms with van der Waals surface area (Å²) in [6.45, 7) is 5.61. The van der Waals surface area contributed by atoms with Crippen LogP contribution in [0.5, 0.6) is 0 Å². The van der Waals surface area contributed by atoms with Gasteiger partial charge in [-0.05, 0) is 149 Å². The van der Waals surface area contributed by atoms with E-state index in [9.17, 15) is 27.9 Å². The molecule has 0 aromatic heterocycles. The first-order valence-electron chi connectivity index (χ1n) is 18.9. The minimum Gasteiger partial charge on any atom is -0.440 e. The molecule has 1 N–H and O–H groups in total. The smallest absolute Gasteiger partial charge is 0.416 e. The molecule has 0 radical (unpaired) electrons. The summed E-state index contributed by atoms with van der Waals surface area (Å²) in [6, 6.07) is 10.4. The molecule has 268 valence electrons. The lowest BCUT2D eigenvalue weighted by molar-refractivity contribution is -0.137. The molecule has 50 heavy (non-hydrogen) atoms. The molecule has 4 atom stereocenters. The zero-order valence-corrected chi connectivity index (χ0v) is 29.4. The summed E-state index contributed by atoms with van der Waals surface area (Å²) < 4.78 is 47.8. The molecule has 1 heterocycles. The fourth-order valence-electron chi connectivity index (χ4n) is 12.0. The van der Waals surface area contributed by atoms with Crippen molar-refractivity contribution in [2.75, 3.05) is 13.1 Å². The molecule has 5 saturated carbocycles. The summed E-state index contributed by atoms with van der Waals surface area (Å²) in [5, 5.41) is 10.9. The number of hydrogen-bond donors (Lipinski definition) is 1. The van der Waals surface area contributed by atoms with Crippen LogP contribution in [0.2, 0.25) is 0 Å². The van der Waals surface area contributed by atoms with Crippen molar-refractivity contribution in [1.82, 2.24) is 4.90 Å². The number of allylic oxidation sites excluding steroid dienone is 2. The summed E-state index contributed by atoms with van der Waals surface area (Å²) in [5.74, 6) is 1.74. The predicted octanol–water partition coefficient (Wildman–Crippen LogP) is 9.65. The van der Waals surface area contributed by atoms with E-state index in [1.807, 2.05) is 17.0 Å². The maximum Gasteiger partial charge on any atom is 0.416 e. The SMILES string of the molecule is CC1=CCCC2(C)C(CCC23CN(CC24CC5CC(CC(C5)C2)C4)C(=O)O3)c2ccc(cc2C(=O)c2cccc(C(F)(F)F)c2)CC(O)CC1. The largest absolute Gasteiger partial charge is 0.440 e. The second kappa shape index (κ2) is 12.2. The zero-order chi connectivity index (χ0) is 35.1. The molecule has 6 fully saturated rings. The van der Waals surface area contributed by atoms with Crippen molar-refractivity contribution in [3.05, 3.63) is 81.9 Å². The highest BCUT2D eigenvalue weighted by Crippen LogP contribution is 2.64. The van der Waals surface area contributed by atoms with Crippen LogP contribution in [-0.2, 0) is 17.3 Å². The molecule has 1 spiro atoms. The highest BCUT2D eigenvalue weighted by Gasteiger charge is 2.65. The highest BCUT2D eigenvalue weighted by atomic mass is 19.4. The van der Waals surface area contributed by atoms with E-state index in [0.29, 0.717) is 37.8 Å². The molecule has 1 saturated heterocycles. The van der Waals surface area contributed by atoms with Gasteiger partial charge in [-0.25, -0.2) is 4.79 Å². The van der Waals surface area contributed by atoms with Crippen LogP contribution in [0.25, 0.3) is 0 Å². The number of benzene rings is 2. The van der Waals surface area contributed by atoms with Crippen molar-refractivity contribution in [3.8, 4) is 0 Å². The number of amides is 1. The van der Waals surface area contributed by atoms with Gasteiger partial charge >= 0.3 is 12.3 Å². The topological polar surface area (TPSA) is 66.8 Å². The number of aliphatic hydroxyl groups excluding tert-OH is 1. The van der Waals surface area contributed by atoms with Gasteiger partial charge in [-0.1, -0.05) is 42.8 Å². The summed E-state index contributed by atoms with van der Waals surface area (Å²) in [6.07, 6.45) is 9.02. The molecule has 1 aliphatic heterocycles. The number of carbonyl (C=O) groups excluding carboxylic acids is 2. The first-order chi connectivity index (χ1) is 23.7. The van der Waals surface area contributed by atoms with Gasteiger partial charge in [0.25, 0.3) is 0 Å². The number of carbonyl (C=O) groups is 2. The number of rotatable bonds is 4. The van der Waals surface area contributed by atoms with Gasteiger partial charge in [0, 0.05) is 23.1 Å². The Hall–Kier alpha value is -3.13. The maximum atomic E-state index is 14.3. The van der Waals surface area contributed by atoms with Crippen molar-refractivity contribution in [2.45, 2.75) is 121 Å². The number of fused-ring (bicyclic) bond motifs is 8. The highest BCUT2D eigenvalue weighted by molar-refractivity contribution is 6.10. The van der Waals surface area contributed by atoms with E-state index in [2.05, 4.69) is 19.9 Å². The minimum absolute atomic E-state index is 0.0121. The molecule has 1 amide bonds. The molecule has 6 bridgehead atoms. The average molecular weight is 690 g/mol. The van der Waals surface area contributed by atoms with Gasteiger partial charge in [-0.15, -0.1) is 0 Å². The number of halogens is 3. The maximum absolute atomic E-state index is 14.3. The average Bonchev–Trinajstić information content (AvgIpc) is 3.51. The molecule has 4 unspecified atom stereocenters. The Morgan fingerprint density at radius 1 is 1.00 bits per heavy atom. The van der Waals surface area contributed by atoms with Crippen molar-refractivity contribution < 1.29 is 32.6 Å². The van der Waals surface area contributed by atoms with Gasteiger partial charge in [-0.3, -0.25) is 4.79 Å². The summed E-state index contributed by atoms with van der Waals surface area (Å²) in [4.78, 5) is 30.3. The van der Waals surface area contributed by atoms with Crippen molar-refractivity contribution in [3.63, 3.8) is 0 Å². The lowest BCUT2D eigenvalue weighted by Gasteiger charge is -2.57. The minimum atomic E-state index is -4.57. The normalized spacial score (nSPS) is 36.8. The van der Waals surface area contributed by atoms with E-state index in [-0.39, 0.29) is 23.0 Å². The molecule has 2 aromatic carbocycles. The number of nitrogens with zero attached hydrogens (tertiary/aromatic N) is 1. The number of ketones is 1. The molecule has 8 aliphatic rings. The van der Waals surface area contributed by atoms with E-state index in [1.165, 1.54) is 56.2 Å². The summed E-state index contributed by atoms with van der Waals surface area (Å²) in [7, 11) is 0. The number of hydrogen-bond acceptors (Lipinski definition) is 4. The van der Waals surface area contributed by atoms with Crippen LogP contribution in [-0.4, -0.2) is 46.7 Å². The van der Waals surface area contributed by atoms with Crippen LogP contribution in [0.15, 0.2) is 54.1 Å². The van der Waals surface area contributed by atoms with Crippen LogP contribution < -0.4 is 0 Å². The van der Waals surface area contributed by atoms with E-state index < -0.39 is 34.6 Å². The Morgan fingerprint density at radius 2 is 1.72 bits per heavy atom. The molecular formula is C42H50F3NO4. The van der Waals surface area contributed by atoms with Gasteiger partial charge in [0.15, 0.2) is 5.78 Å². The quantitative estimate of drug-likeness (QED) is 0.257. The molecule has 10 rings (SSSR count). The number of aliphatic hydroxyl groups is 1. The summed E-state index contributed by atoms with van der Waals surface area (Å²) >= 11 is 0. The van der Waals surface area contributed by atoms with Crippen LogP contribution in [0, 0.1) is 28.6 Å². The second-order valence-corrected chi connectivity index (χ2v) is 17.5. The van der Waals surface area contributed by atoms with Gasteiger partial charge in [0.1, 0.15) is 5.60 Å². The molecule has 5 nitrogen and oxygen atoms in total. The molecular weight excluding hydrogens is 639 g/mol. The van der Waals surface area contributed by atoms with Crippen LogP contribution in [0.1, 0.15) is 129 Å². The van der Waals surface area contributed by atoms with Gasteiger partial charge in [0.2, 0.25) is 0 Å². The van der Waals surface area contributed by atoms with Gasteiger partial charge in [-0.2, -0.15) is 13.2 Å². The predicted molar refractivity (Wildman–Crippen MR) is 185 cm³/mol. The van der Waals surface area contributed by atoms with Crippen molar-refractivity contribution in [1.29, 1.82) is 0 Å². The Labute approximate surface area is 293 Å². The Bertz CT molecular complexity index is 1680. The Kier molecular flexibility index (Phi) is 8.32. The number of alkyl halides is 3. The van der Waals surface area contributed by atoms with E-state index in [4.69, 9.17) is 4.74 Å². The first-order valence-corrected chi connectivity index (χ1v) is 18.9. The molecule has 7 aliphatic carbocycles. The second-order valence-electron chi connectivity index (χ2n) is 17.5. The fraction of sp³-hybridized carbons (Fsp3) is 0.619. The monoisotopic (exact) mass is 689 g/mol. The van der Waals surface area contributed by atoms with Crippen LogP contribution in [0.4, 0.5) is 18.0 Å². The van der Waals surface area contributed by atoms with E-state index in [0.717, 1.165) is 66.8 Å². The van der Waals surface area contributed by atoms with E-state index in [1.54, 1.807) is 6.07 Å². The van der Waals surface area contributed by atoms with Crippen molar-refractivity contribution in [2.24, 2.45) is 28.6 Å². The Balaban J connectivity index is 1.17. The number of ether oxygens (including phenoxy) is 1. The van der Waals surface area contributed by atoms with Crippen LogP contribution in [0.3, 0.4) is 0 Å². The summed E-state index contributed by atoms with van der Waals surface area (Å²) in [5.41, 5.74) is 1.22. The first kappa shape index (κ1) is 34.0. The zero-order valence-electron chi connectivity index (χ0n) is 29.4. The lowest BCUT2D eigenvalue weighted by atomic mass is 9.49. The van der Waals surface area contributed by atoms with Gasteiger partial charge < -0.3 is 14.7 Å².